The van der Waals surface area contributed by atoms with Crippen molar-refractivity contribution in [1.82, 2.24) is 5.16 Å². The highest BCUT2D eigenvalue weighted by Crippen LogP contribution is 2.27. The molecule has 0 aromatic carbocycles. The van der Waals surface area contributed by atoms with Gasteiger partial charge in [-0.15, -0.1) is 0 Å². The van der Waals surface area contributed by atoms with Crippen LogP contribution in [0.1, 0.15) is 41.5 Å². The van der Waals surface area contributed by atoms with E-state index in [1.165, 1.54) is 6.26 Å². The lowest BCUT2D eigenvalue weighted by atomic mass is 10.2. The van der Waals surface area contributed by atoms with Crippen molar-refractivity contribution in [2.24, 2.45) is 0 Å². The molecular formula is C13H19BrN2O5. The van der Waals surface area contributed by atoms with Gasteiger partial charge in [-0.2, -0.15) is 4.90 Å². The summed E-state index contributed by atoms with van der Waals surface area (Å²) in [7, 11) is 0. The molecule has 0 spiro atoms. The number of hydrogen-bond acceptors (Lipinski definition) is 6. The topological polar surface area (TPSA) is 81.9 Å². The van der Waals surface area contributed by atoms with Crippen LogP contribution < -0.4 is 4.90 Å². The number of amides is 2. The van der Waals surface area contributed by atoms with Gasteiger partial charge in [-0.05, 0) is 57.5 Å². The molecule has 118 valence electrons. The predicted octanol–water partition coefficient (Wildman–Crippen LogP) is 4.11. The summed E-state index contributed by atoms with van der Waals surface area (Å²) in [6.07, 6.45) is -0.547. The zero-order chi connectivity index (χ0) is 16.4. The largest absolute Gasteiger partial charge is 0.443 e. The molecule has 0 aliphatic heterocycles. The minimum atomic E-state index is -0.897. The lowest BCUT2D eigenvalue weighted by Crippen LogP contribution is -2.44. The van der Waals surface area contributed by atoms with Crippen molar-refractivity contribution < 1.29 is 23.6 Å². The monoisotopic (exact) mass is 362 g/mol. The summed E-state index contributed by atoms with van der Waals surface area (Å²) in [6, 6.07) is 0. The van der Waals surface area contributed by atoms with Crippen molar-refractivity contribution in [3.05, 3.63) is 10.7 Å². The van der Waals surface area contributed by atoms with Crippen LogP contribution >= 0.6 is 15.9 Å². The van der Waals surface area contributed by atoms with Crippen LogP contribution in [0.3, 0.4) is 0 Å². The Morgan fingerprint density at radius 2 is 1.52 bits per heavy atom. The molecule has 0 atom stereocenters. The first-order chi connectivity index (χ1) is 9.41. The van der Waals surface area contributed by atoms with Crippen molar-refractivity contribution in [3.63, 3.8) is 0 Å². The van der Waals surface area contributed by atoms with Crippen molar-refractivity contribution in [2.45, 2.75) is 52.7 Å². The quantitative estimate of drug-likeness (QED) is 0.747. The highest BCUT2D eigenvalue weighted by atomic mass is 79.9. The first-order valence-electron chi connectivity index (χ1n) is 6.27. The Morgan fingerprint density at radius 1 is 1.10 bits per heavy atom. The summed E-state index contributed by atoms with van der Waals surface area (Å²) in [5, 5.41) is 3.62. The second kappa shape index (κ2) is 6.05. The van der Waals surface area contributed by atoms with Crippen LogP contribution in [-0.4, -0.2) is 28.5 Å². The Labute approximate surface area is 131 Å². The second-order valence-electron chi connectivity index (χ2n) is 6.28. The molecule has 0 N–H and O–H groups in total. The van der Waals surface area contributed by atoms with Gasteiger partial charge in [0, 0.05) is 0 Å². The first kappa shape index (κ1) is 17.5. The Morgan fingerprint density at radius 3 is 1.81 bits per heavy atom. The molecule has 0 unspecified atom stereocenters. The van der Waals surface area contributed by atoms with Crippen molar-refractivity contribution in [2.75, 3.05) is 4.90 Å². The Kier molecular flexibility index (Phi) is 5.03. The summed E-state index contributed by atoms with van der Waals surface area (Å²) >= 11 is 3.15. The fourth-order valence-corrected chi connectivity index (χ4v) is 1.56. The third-order valence-corrected chi connectivity index (χ3v) is 2.41. The number of anilines is 1. The standard InChI is InChI=1S/C13H19BrN2O5/c1-12(2,3)20-10(17)16(9-8(14)7-19-15-9)11(18)21-13(4,5)6/h7H,1-6H3. The van der Waals surface area contributed by atoms with Gasteiger partial charge in [-0.3, -0.25) is 0 Å². The molecule has 0 aliphatic carbocycles. The van der Waals surface area contributed by atoms with Crippen molar-refractivity contribution in [3.8, 4) is 0 Å². The highest BCUT2D eigenvalue weighted by molar-refractivity contribution is 9.10. The van der Waals surface area contributed by atoms with E-state index in [9.17, 15) is 9.59 Å². The summed E-state index contributed by atoms with van der Waals surface area (Å²) < 4.78 is 15.5. The average Bonchev–Trinajstić information content (AvgIpc) is 2.59. The van der Waals surface area contributed by atoms with Crippen LogP contribution in [0.5, 0.6) is 0 Å². The molecule has 2 amide bonds. The minimum Gasteiger partial charge on any atom is -0.443 e. The van der Waals surface area contributed by atoms with E-state index >= 15 is 0 Å². The Bertz CT molecular complexity index is 499. The van der Waals surface area contributed by atoms with E-state index in [0.717, 1.165) is 0 Å². The second-order valence-corrected chi connectivity index (χ2v) is 7.14. The number of carbonyl (C=O) groups is 2. The number of imide groups is 1. The van der Waals surface area contributed by atoms with Crippen LogP contribution in [0.2, 0.25) is 0 Å². The van der Waals surface area contributed by atoms with E-state index in [2.05, 4.69) is 21.1 Å². The molecule has 0 saturated heterocycles. The van der Waals surface area contributed by atoms with E-state index in [-0.39, 0.29) is 5.82 Å². The SMILES string of the molecule is CC(C)(C)OC(=O)N(C(=O)OC(C)(C)C)c1nocc1Br. The third-order valence-electron chi connectivity index (χ3n) is 1.87. The lowest BCUT2D eigenvalue weighted by molar-refractivity contribution is 0.0427. The zero-order valence-corrected chi connectivity index (χ0v) is 14.5. The Hall–Kier alpha value is -1.57. The van der Waals surface area contributed by atoms with E-state index < -0.39 is 23.4 Å². The van der Waals surface area contributed by atoms with Gasteiger partial charge in [0.2, 0.25) is 5.82 Å². The first-order valence-corrected chi connectivity index (χ1v) is 7.06. The van der Waals surface area contributed by atoms with E-state index in [0.29, 0.717) is 9.37 Å². The molecule has 0 saturated carbocycles. The van der Waals surface area contributed by atoms with Gasteiger partial charge >= 0.3 is 12.2 Å². The highest BCUT2D eigenvalue weighted by Gasteiger charge is 2.35. The van der Waals surface area contributed by atoms with Crippen LogP contribution in [-0.2, 0) is 9.47 Å². The molecule has 21 heavy (non-hydrogen) atoms. The number of hydrogen-bond donors (Lipinski definition) is 0. The maximum Gasteiger partial charge on any atom is 0.425 e. The summed E-state index contributed by atoms with van der Waals surface area (Å²) in [5.41, 5.74) is -1.54. The molecule has 0 fully saturated rings. The van der Waals surface area contributed by atoms with Crippen molar-refractivity contribution in [1.29, 1.82) is 0 Å². The maximum absolute atomic E-state index is 12.2. The van der Waals surface area contributed by atoms with Gasteiger partial charge < -0.3 is 14.0 Å². The van der Waals surface area contributed by atoms with Gasteiger partial charge in [0.1, 0.15) is 21.9 Å². The number of carbonyl (C=O) groups excluding carboxylic acids is 2. The predicted molar refractivity (Wildman–Crippen MR) is 79.2 cm³/mol. The molecule has 0 aliphatic rings. The molecule has 0 bridgehead atoms. The van der Waals surface area contributed by atoms with Crippen LogP contribution in [0.25, 0.3) is 0 Å². The number of ether oxygens (including phenoxy) is 2. The fraction of sp³-hybridized carbons (Fsp3) is 0.615. The van der Waals surface area contributed by atoms with Gasteiger partial charge in [0.25, 0.3) is 0 Å². The molecule has 1 aromatic rings. The third kappa shape index (κ3) is 5.37. The van der Waals surface area contributed by atoms with Crippen LogP contribution in [0.4, 0.5) is 15.4 Å². The van der Waals surface area contributed by atoms with Crippen molar-refractivity contribution >= 4 is 33.9 Å². The summed E-state index contributed by atoms with van der Waals surface area (Å²) in [4.78, 5) is 25.2. The number of rotatable bonds is 1. The average molecular weight is 363 g/mol. The molecular weight excluding hydrogens is 344 g/mol. The molecule has 1 aromatic heterocycles. The smallest absolute Gasteiger partial charge is 0.425 e. The fourth-order valence-electron chi connectivity index (χ4n) is 1.23. The Balaban J connectivity index is 3.10. The minimum absolute atomic E-state index is 0.0292. The number of aromatic nitrogens is 1. The maximum atomic E-state index is 12.2. The lowest BCUT2D eigenvalue weighted by Gasteiger charge is -2.27. The van der Waals surface area contributed by atoms with Gasteiger partial charge in [0.05, 0.1) is 0 Å². The van der Waals surface area contributed by atoms with E-state index in [1.807, 2.05) is 0 Å². The van der Waals surface area contributed by atoms with E-state index in [4.69, 9.17) is 14.0 Å². The van der Waals surface area contributed by atoms with E-state index in [1.54, 1.807) is 41.5 Å². The van der Waals surface area contributed by atoms with Gasteiger partial charge in [-0.1, -0.05) is 5.16 Å². The number of halogens is 1. The zero-order valence-electron chi connectivity index (χ0n) is 12.9. The molecule has 1 rings (SSSR count). The van der Waals surface area contributed by atoms with Crippen LogP contribution in [0.15, 0.2) is 15.3 Å². The molecule has 8 heteroatoms. The molecule has 1 heterocycles. The van der Waals surface area contributed by atoms with Gasteiger partial charge in [-0.25, -0.2) is 9.59 Å². The summed E-state index contributed by atoms with van der Waals surface area (Å²) in [5.74, 6) is -0.0292. The number of nitrogens with zero attached hydrogens (tertiary/aromatic N) is 2. The molecule has 0 radical (unpaired) electrons. The van der Waals surface area contributed by atoms with Gasteiger partial charge in [0.15, 0.2) is 0 Å². The molecule has 7 nitrogen and oxygen atoms in total. The normalized spacial score (nSPS) is 12.0. The summed E-state index contributed by atoms with van der Waals surface area (Å²) in [6.45, 7) is 10.1. The van der Waals surface area contributed by atoms with Crippen LogP contribution in [0, 0.1) is 0 Å².